The number of benzene rings is 1. The maximum absolute atomic E-state index is 12.9. The van der Waals surface area contributed by atoms with E-state index < -0.39 is 5.60 Å². The monoisotopic (exact) mass is 434 g/mol. The number of carbonyl (C=O) groups is 1. The fraction of sp³-hybridized carbons (Fsp3) is 0.571. The SMILES string of the molecule is Cc1cnc(C(=O)Cc2ccc(C3(O)CCC(C)(C)CC3)cc2C2=CCC(C)(C)CC2)[nH]1. The highest BCUT2D eigenvalue weighted by Gasteiger charge is 2.38. The van der Waals surface area contributed by atoms with Crippen LogP contribution < -0.4 is 0 Å². The lowest BCUT2D eigenvalue weighted by Crippen LogP contribution is -2.34. The first-order chi connectivity index (χ1) is 15.0. The Morgan fingerprint density at radius 2 is 1.78 bits per heavy atom. The number of hydrogen-bond donors (Lipinski definition) is 2. The van der Waals surface area contributed by atoms with Crippen molar-refractivity contribution in [2.75, 3.05) is 0 Å². The minimum atomic E-state index is -0.778. The third-order valence-electron chi connectivity index (χ3n) is 7.71. The van der Waals surface area contributed by atoms with Crippen molar-refractivity contribution in [3.05, 3.63) is 58.7 Å². The van der Waals surface area contributed by atoms with Crippen LogP contribution in [0.4, 0.5) is 0 Å². The highest BCUT2D eigenvalue weighted by molar-refractivity contribution is 5.95. The van der Waals surface area contributed by atoms with E-state index in [-0.39, 0.29) is 5.78 Å². The molecule has 1 aromatic heterocycles. The fourth-order valence-corrected chi connectivity index (χ4v) is 5.08. The van der Waals surface area contributed by atoms with Gasteiger partial charge in [-0.25, -0.2) is 4.98 Å². The van der Waals surface area contributed by atoms with E-state index in [9.17, 15) is 9.90 Å². The van der Waals surface area contributed by atoms with Gasteiger partial charge in [0.25, 0.3) is 0 Å². The number of aryl methyl sites for hydroxylation is 1. The fourth-order valence-electron chi connectivity index (χ4n) is 5.08. The van der Waals surface area contributed by atoms with Crippen molar-refractivity contribution in [1.29, 1.82) is 0 Å². The van der Waals surface area contributed by atoms with Crippen molar-refractivity contribution >= 4 is 11.4 Å². The summed E-state index contributed by atoms with van der Waals surface area (Å²) in [6.45, 7) is 11.1. The maximum Gasteiger partial charge on any atom is 0.202 e. The second kappa shape index (κ2) is 8.30. The van der Waals surface area contributed by atoms with Crippen LogP contribution in [0.15, 0.2) is 30.5 Å². The number of imidazole rings is 1. The van der Waals surface area contributed by atoms with Gasteiger partial charge in [-0.2, -0.15) is 0 Å². The Labute approximate surface area is 192 Å². The van der Waals surface area contributed by atoms with Crippen molar-refractivity contribution in [2.24, 2.45) is 10.8 Å². The summed E-state index contributed by atoms with van der Waals surface area (Å²) < 4.78 is 0. The van der Waals surface area contributed by atoms with Crippen LogP contribution in [0.3, 0.4) is 0 Å². The average molecular weight is 435 g/mol. The number of aromatic amines is 1. The van der Waals surface area contributed by atoms with E-state index in [0.29, 0.717) is 23.1 Å². The highest BCUT2D eigenvalue weighted by atomic mass is 16.3. The molecule has 0 unspecified atom stereocenters. The standard InChI is InChI=1S/C28H38N2O2/c1-19-18-29-25(30-19)24(31)16-21-6-7-22(28(32)14-12-27(4,5)13-15-28)17-23(21)20-8-10-26(2,3)11-9-20/h6-8,17-18,32H,9-16H2,1-5H3,(H,29,30). The molecule has 0 spiro atoms. The Morgan fingerprint density at radius 3 is 2.38 bits per heavy atom. The molecule has 1 aromatic carbocycles. The Kier molecular flexibility index (Phi) is 5.96. The Balaban J connectivity index is 1.68. The molecule has 1 fully saturated rings. The zero-order valence-electron chi connectivity index (χ0n) is 20.3. The van der Waals surface area contributed by atoms with Crippen LogP contribution in [0.1, 0.15) is 106 Å². The summed E-state index contributed by atoms with van der Waals surface area (Å²) in [5.41, 5.74) is 5.19. The van der Waals surface area contributed by atoms with E-state index in [1.165, 1.54) is 5.57 Å². The van der Waals surface area contributed by atoms with Crippen LogP contribution in [-0.2, 0) is 12.0 Å². The summed E-state index contributed by atoms with van der Waals surface area (Å²) >= 11 is 0. The number of H-pyrrole nitrogens is 1. The molecule has 2 aliphatic rings. The number of nitrogens with one attached hydrogen (secondary N) is 1. The van der Waals surface area contributed by atoms with Gasteiger partial charge in [0.05, 0.1) is 5.60 Å². The lowest BCUT2D eigenvalue weighted by atomic mass is 9.68. The summed E-state index contributed by atoms with van der Waals surface area (Å²) in [7, 11) is 0. The molecule has 32 heavy (non-hydrogen) atoms. The van der Waals surface area contributed by atoms with Crippen LogP contribution in [0.5, 0.6) is 0 Å². The smallest absolute Gasteiger partial charge is 0.202 e. The third kappa shape index (κ3) is 4.91. The van der Waals surface area contributed by atoms with E-state index in [0.717, 1.165) is 67.3 Å². The minimum absolute atomic E-state index is 0.00182. The molecule has 0 bridgehead atoms. The van der Waals surface area contributed by atoms with Gasteiger partial charge < -0.3 is 10.1 Å². The maximum atomic E-state index is 12.9. The van der Waals surface area contributed by atoms with Gasteiger partial charge in [-0.15, -0.1) is 0 Å². The Morgan fingerprint density at radius 1 is 1.06 bits per heavy atom. The van der Waals surface area contributed by atoms with Gasteiger partial charge >= 0.3 is 0 Å². The van der Waals surface area contributed by atoms with Crippen molar-refractivity contribution in [3.63, 3.8) is 0 Å². The minimum Gasteiger partial charge on any atom is -0.385 e. The van der Waals surface area contributed by atoms with E-state index in [1.807, 2.05) is 13.0 Å². The number of hydrogen-bond acceptors (Lipinski definition) is 3. The average Bonchev–Trinajstić information content (AvgIpc) is 3.17. The third-order valence-corrected chi connectivity index (χ3v) is 7.71. The quantitative estimate of drug-likeness (QED) is 0.526. The van der Waals surface area contributed by atoms with Gasteiger partial charge in [0.15, 0.2) is 5.82 Å². The number of aliphatic hydroxyl groups is 1. The van der Waals surface area contributed by atoms with E-state index in [2.05, 4.69) is 55.9 Å². The predicted molar refractivity (Wildman–Crippen MR) is 130 cm³/mol. The number of nitrogens with zero attached hydrogens (tertiary/aromatic N) is 1. The molecule has 1 saturated carbocycles. The van der Waals surface area contributed by atoms with Crippen LogP contribution in [0.2, 0.25) is 0 Å². The van der Waals surface area contributed by atoms with E-state index in [1.54, 1.807) is 6.20 Å². The van der Waals surface area contributed by atoms with Gasteiger partial charge in [0.2, 0.25) is 5.78 Å². The second-order valence-corrected chi connectivity index (χ2v) is 11.7. The summed E-state index contributed by atoms with van der Waals surface area (Å²) in [6, 6.07) is 6.29. The van der Waals surface area contributed by atoms with Crippen LogP contribution in [0.25, 0.3) is 5.57 Å². The van der Waals surface area contributed by atoms with Crippen molar-refractivity contribution in [2.45, 2.75) is 91.6 Å². The molecule has 0 saturated heterocycles. The number of ketones is 1. The van der Waals surface area contributed by atoms with Gasteiger partial charge in [0.1, 0.15) is 0 Å². The number of allylic oxidation sites excluding steroid dienone is 2. The number of Topliss-reactive ketones (excluding diaryl/α,β-unsaturated/α-hetero) is 1. The van der Waals surface area contributed by atoms with E-state index in [4.69, 9.17) is 0 Å². The van der Waals surface area contributed by atoms with Crippen LogP contribution in [-0.4, -0.2) is 20.9 Å². The Hall–Kier alpha value is -2.20. The molecule has 4 nitrogen and oxygen atoms in total. The highest BCUT2D eigenvalue weighted by Crippen LogP contribution is 2.46. The molecule has 0 amide bonds. The first kappa shape index (κ1) is 23.0. The zero-order valence-corrected chi connectivity index (χ0v) is 20.3. The number of rotatable bonds is 5. The molecule has 172 valence electrons. The Bertz CT molecular complexity index is 1030. The van der Waals surface area contributed by atoms with Crippen LogP contribution >= 0.6 is 0 Å². The summed E-state index contributed by atoms with van der Waals surface area (Å²) in [5, 5.41) is 11.5. The normalized spacial score (nSPS) is 21.8. The number of carbonyl (C=O) groups excluding carboxylic acids is 1. The largest absolute Gasteiger partial charge is 0.385 e. The molecular formula is C28H38N2O2. The summed E-state index contributed by atoms with van der Waals surface area (Å²) in [5.74, 6) is 0.423. The first-order valence-corrected chi connectivity index (χ1v) is 12.1. The lowest BCUT2D eigenvalue weighted by molar-refractivity contribution is -0.0305. The lowest BCUT2D eigenvalue weighted by Gasteiger charge is -2.41. The molecule has 0 aliphatic heterocycles. The molecule has 1 heterocycles. The zero-order chi connectivity index (χ0) is 23.1. The molecule has 4 rings (SSSR count). The van der Waals surface area contributed by atoms with Crippen molar-refractivity contribution in [3.8, 4) is 0 Å². The van der Waals surface area contributed by atoms with Crippen LogP contribution in [0, 0.1) is 17.8 Å². The summed E-state index contributed by atoms with van der Waals surface area (Å²) in [6.07, 6.45) is 11.1. The molecule has 0 atom stereocenters. The first-order valence-electron chi connectivity index (χ1n) is 12.1. The molecule has 0 radical (unpaired) electrons. The molecule has 2 N–H and O–H groups in total. The molecular weight excluding hydrogens is 396 g/mol. The predicted octanol–water partition coefficient (Wildman–Crippen LogP) is 6.52. The van der Waals surface area contributed by atoms with Gasteiger partial charge in [-0.05, 0) is 91.0 Å². The van der Waals surface area contributed by atoms with Crippen molar-refractivity contribution in [1.82, 2.24) is 9.97 Å². The second-order valence-electron chi connectivity index (χ2n) is 11.7. The molecule has 2 aromatic rings. The summed E-state index contributed by atoms with van der Waals surface area (Å²) in [4.78, 5) is 20.2. The topological polar surface area (TPSA) is 66.0 Å². The van der Waals surface area contributed by atoms with Gasteiger partial charge in [-0.3, -0.25) is 4.79 Å². The molecule has 4 heteroatoms. The van der Waals surface area contributed by atoms with Gasteiger partial charge in [0, 0.05) is 18.3 Å². The van der Waals surface area contributed by atoms with Crippen molar-refractivity contribution < 1.29 is 9.90 Å². The van der Waals surface area contributed by atoms with Gasteiger partial charge in [-0.1, -0.05) is 45.9 Å². The molecule has 2 aliphatic carbocycles. The number of aromatic nitrogens is 2. The van der Waals surface area contributed by atoms with E-state index >= 15 is 0 Å².